The third-order valence-corrected chi connectivity index (χ3v) is 3.33. The van der Waals surface area contributed by atoms with Crippen molar-refractivity contribution in [1.29, 1.82) is 0 Å². The molecule has 1 aromatic heterocycles. The number of hydrogen-bond acceptors (Lipinski definition) is 7. The van der Waals surface area contributed by atoms with Gasteiger partial charge in [0.15, 0.2) is 11.0 Å². The van der Waals surface area contributed by atoms with Crippen LogP contribution in [0.25, 0.3) is 0 Å². The normalized spacial score (nSPS) is 22.9. The van der Waals surface area contributed by atoms with Gasteiger partial charge in [-0.2, -0.15) is 4.98 Å². The number of cyclic esters (lactones) is 1. The highest BCUT2D eigenvalue weighted by atomic mass is 35.5. The Morgan fingerprint density at radius 3 is 3.00 bits per heavy atom. The topological polar surface area (TPSA) is 97.5 Å². The summed E-state index contributed by atoms with van der Waals surface area (Å²) in [5.74, 6) is 0.582. The molecule has 96 valence electrons. The molecule has 1 amide bonds. The van der Waals surface area contributed by atoms with Crippen LogP contribution in [0.3, 0.4) is 0 Å². The third kappa shape index (κ3) is 1.78. The molecule has 3 heterocycles. The van der Waals surface area contributed by atoms with Crippen LogP contribution < -0.4 is 10.6 Å². The number of nitrogens with two attached hydrogens (primary N) is 1. The molecular formula is C9H11ClN6O2. The van der Waals surface area contributed by atoms with Crippen LogP contribution in [0.15, 0.2) is 0 Å². The first kappa shape index (κ1) is 11.3. The Bertz CT molecular complexity index is 498. The molecule has 1 aromatic rings. The predicted octanol–water partition coefficient (Wildman–Crippen LogP) is -0.252. The zero-order valence-corrected chi connectivity index (χ0v) is 10.2. The summed E-state index contributed by atoms with van der Waals surface area (Å²) < 4.78 is 4.98. The molecule has 0 spiro atoms. The molecule has 9 heteroatoms. The number of aromatic nitrogens is 3. The van der Waals surface area contributed by atoms with Gasteiger partial charge in [0.25, 0.3) is 0 Å². The van der Waals surface area contributed by atoms with Crippen molar-refractivity contribution in [2.24, 2.45) is 0 Å². The second-order valence-corrected chi connectivity index (χ2v) is 4.52. The summed E-state index contributed by atoms with van der Waals surface area (Å²) >= 11 is 5.68. The standard InChI is InChI=1S/C9H11ClN6O2/c10-6-7(11)12-8(14-13-6)15-1-2-16-5(3-15)4-18-9(16)17/h5H,1-4H2,(H2,11,12,14). The lowest BCUT2D eigenvalue weighted by Gasteiger charge is -2.35. The molecule has 0 radical (unpaired) electrons. The minimum atomic E-state index is -0.255. The molecule has 2 fully saturated rings. The minimum Gasteiger partial charge on any atom is -0.447 e. The Labute approximate surface area is 108 Å². The number of carbonyl (C=O) groups excluding carboxylic acids is 1. The van der Waals surface area contributed by atoms with E-state index < -0.39 is 0 Å². The van der Waals surface area contributed by atoms with E-state index in [1.807, 2.05) is 4.90 Å². The van der Waals surface area contributed by atoms with Crippen molar-refractivity contribution < 1.29 is 9.53 Å². The van der Waals surface area contributed by atoms with Crippen LogP contribution in [-0.4, -0.2) is 58.5 Å². The van der Waals surface area contributed by atoms with Crippen molar-refractivity contribution in [3.05, 3.63) is 5.15 Å². The van der Waals surface area contributed by atoms with Crippen molar-refractivity contribution in [2.75, 3.05) is 36.9 Å². The molecule has 1 unspecified atom stereocenters. The van der Waals surface area contributed by atoms with E-state index in [-0.39, 0.29) is 23.1 Å². The molecule has 18 heavy (non-hydrogen) atoms. The summed E-state index contributed by atoms with van der Waals surface area (Å²) in [7, 11) is 0. The number of anilines is 2. The zero-order valence-electron chi connectivity index (χ0n) is 9.41. The summed E-state index contributed by atoms with van der Waals surface area (Å²) in [6.07, 6.45) is -0.255. The van der Waals surface area contributed by atoms with Gasteiger partial charge >= 0.3 is 6.09 Å². The Kier molecular flexibility index (Phi) is 2.58. The Hall–Kier alpha value is -1.83. The molecule has 0 aromatic carbocycles. The summed E-state index contributed by atoms with van der Waals surface area (Å²) in [6.45, 7) is 2.20. The fourth-order valence-electron chi connectivity index (χ4n) is 2.12. The van der Waals surface area contributed by atoms with Gasteiger partial charge in [-0.3, -0.25) is 4.90 Å². The van der Waals surface area contributed by atoms with E-state index in [0.717, 1.165) is 0 Å². The second kappa shape index (κ2) is 4.13. The number of nitrogen functional groups attached to an aromatic ring is 1. The maximum absolute atomic E-state index is 11.4. The molecule has 2 aliphatic heterocycles. The lowest BCUT2D eigenvalue weighted by molar-refractivity contribution is 0.157. The number of halogens is 1. The van der Waals surface area contributed by atoms with Crippen molar-refractivity contribution in [2.45, 2.75) is 6.04 Å². The molecule has 3 rings (SSSR count). The Balaban J connectivity index is 1.78. The van der Waals surface area contributed by atoms with Crippen LogP contribution in [0.5, 0.6) is 0 Å². The number of hydrogen-bond donors (Lipinski definition) is 1. The number of fused-ring (bicyclic) bond motifs is 1. The fourth-order valence-corrected chi connectivity index (χ4v) is 2.20. The molecular weight excluding hydrogens is 260 g/mol. The van der Waals surface area contributed by atoms with E-state index in [2.05, 4.69) is 15.2 Å². The Morgan fingerprint density at radius 1 is 1.39 bits per heavy atom. The van der Waals surface area contributed by atoms with E-state index in [0.29, 0.717) is 32.2 Å². The third-order valence-electron chi connectivity index (χ3n) is 3.06. The number of amides is 1. The van der Waals surface area contributed by atoms with Gasteiger partial charge in [-0.15, -0.1) is 10.2 Å². The smallest absolute Gasteiger partial charge is 0.410 e. The lowest BCUT2D eigenvalue weighted by Crippen LogP contribution is -2.52. The highest BCUT2D eigenvalue weighted by molar-refractivity contribution is 6.31. The molecule has 0 bridgehead atoms. The predicted molar refractivity (Wildman–Crippen MR) is 63.3 cm³/mol. The summed E-state index contributed by atoms with van der Waals surface area (Å²) in [5, 5.41) is 7.73. The largest absolute Gasteiger partial charge is 0.447 e. The van der Waals surface area contributed by atoms with Gasteiger partial charge in [-0.25, -0.2) is 4.79 Å². The molecule has 1 atom stereocenters. The van der Waals surface area contributed by atoms with Crippen LogP contribution >= 0.6 is 11.6 Å². The number of piperazine rings is 1. The van der Waals surface area contributed by atoms with Gasteiger partial charge in [-0.1, -0.05) is 11.6 Å². The minimum absolute atomic E-state index is 0.0340. The van der Waals surface area contributed by atoms with Gasteiger partial charge in [-0.05, 0) is 0 Å². The number of rotatable bonds is 1. The van der Waals surface area contributed by atoms with Crippen LogP contribution in [0.2, 0.25) is 5.15 Å². The van der Waals surface area contributed by atoms with Crippen LogP contribution in [-0.2, 0) is 4.74 Å². The van der Waals surface area contributed by atoms with Gasteiger partial charge in [0, 0.05) is 19.6 Å². The van der Waals surface area contributed by atoms with Crippen LogP contribution in [0.1, 0.15) is 0 Å². The molecule has 0 saturated carbocycles. The van der Waals surface area contributed by atoms with E-state index in [1.54, 1.807) is 4.90 Å². The summed E-state index contributed by atoms with van der Waals surface area (Å²) in [5.41, 5.74) is 5.59. The maximum atomic E-state index is 11.4. The van der Waals surface area contributed by atoms with E-state index >= 15 is 0 Å². The molecule has 2 aliphatic rings. The van der Waals surface area contributed by atoms with Crippen molar-refractivity contribution in [3.63, 3.8) is 0 Å². The lowest BCUT2D eigenvalue weighted by atomic mass is 10.2. The fraction of sp³-hybridized carbons (Fsp3) is 0.556. The van der Waals surface area contributed by atoms with Crippen LogP contribution in [0, 0.1) is 0 Å². The number of ether oxygens (including phenoxy) is 1. The SMILES string of the molecule is Nc1nc(N2CCN3C(=O)OCC3C2)nnc1Cl. The zero-order chi connectivity index (χ0) is 12.7. The quantitative estimate of drug-likeness (QED) is 0.751. The van der Waals surface area contributed by atoms with Gasteiger partial charge in [0.2, 0.25) is 5.95 Å². The second-order valence-electron chi connectivity index (χ2n) is 4.16. The first-order valence-electron chi connectivity index (χ1n) is 5.49. The van der Waals surface area contributed by atoms with Crippen molar-refractivity contribution >= 4 is 29.5 Å². The Morgan fingerprint density at radius 2 is 2.22 bits per heavy atom. The number of carbonyl (C=O) groups is 1. The average molecular weight is 271 g/mol. The molecule has 2 saturated heterocycles. The highest BCUT2D eigenvalue weighted by Gasteiger charge is 2.38. The molecule has 2 N–H and O–H groups in total. The maximum Gasteiger partial charge on any atom is 0.410 e. The van der Waals surface area contributed by atoms with E-state index in [1.165, 1.54) is 0 Å². The van der Waals surface area contributed by atoms with Crippen molar-refractivity contribution in [3.8, 4) is 0 Å². The van der Waals surface area contributed by atoms with Crippen molar-refractivity contribution in [1.82, 2.24) is 20.1 Å². The van der Waals surface area contributed by atoms with Crippen LogP contribution in [0.4, 0.5) is 16.6 Å². The first-order chi connectivity index (χ1) is 8.65. The summed E-state index contributed by atoms with van der Waals surface area (Å²) in [6, 6.07) is 0.0340. The molecule has 0 aliphatic carbocycles. The average Bonchev–Trinajstić information content (AvgIpc) is 2.74. The first-order valence-corrected chi connectivity index (χ1v) is 5.87. The number of nitrogens with zero attached hydrogens (tertiary/aromatic N) is 5. The summed E-state index contributed by atoms with van der Waals surface area (Å²) in [4.78, 5) is 19.1. The van der Waals surface area contributed by atoms with E-state index in [4.69, 9.17) is 22.1 Å². The monoisotopic (exact) mass is 270 g/mol. The highest BCUT2D eigenvalue weighted by Crippen LogP contribution is 2.21. The van der Waals surface area contributed by atoms with Gasteiger partial charge in [0.1, 0.15) is 6.61 Å². The van der Waals surface area contributed by atoms with E-state index in [9.17, 15) is 4.79 Å². The molecule has 8 nitrogen and oxygen atoms in total. The van der Waals surface area contributed by atoms with Gasteiger partial charge in [0.05, 0.1) is 6.04 Å². The van der Waals surface area contributed by atoms with Gasteiger partial charge < -0.3 is 15.4 Å².